The number of aliphatic hydroxyl groups excluding tert-OH is 1. The van der Waals surface area contributed by atoms with Crippen molar-refractivity contribution >= 4 is 0 Å². The van der Waals surface area contributed by atoms with Gasteiger partial charge in [0.15, 0.2) is 0 Å². The summed E-state index contributed by atoms with van der Waals surface area (Å²) in [5, 5.41) is 10.3. The quantitative estimate of drug-likeness (QED) is 0.890. The molecule has 1 N–H and O–H groups in total. The molecule has 1 aliphatic carbocycles. The van der Waals surface area contributed by atoms with Gasteiger partial charge in [-0.15, -0.1) is 13.2 Å². The first-order valence-electron chi connectivity index (χ1n) is 6.89. The van der Waals surface area contributed by atoms with Crippen LogP contribution in [0.25, 0.3) is 0 Å². The SMILES string of the molecule is CC1CCCC(C(O)c2ccc(OC(F)(F)F)cc2)C1. The van der Waals surface area contributed by atoms with E-state index in [0.717, 1.165) is 19.3 Å². The van der Waals surface area contributed by atoms with Gasteiger partial charge in [0.25, 0.3) is 0 Å². The number of ether oxygens (including phenoxy) is 1. The highest BCUT2D eigenvalue weighted by atomic mass is 19.4. The average Bonchev–Trinajstić information content (AvgIpc) is 2.37. The molecule has 5 heteroatoms. The number of aliphatic hydroxyl groups is 1. The fraction of sp³-hybridized carbons (Fsp3) is 0.600. The van der Waals surface area contributed by atoms with Gasteiger partial charge in [-0.25, -0.2) is 0 Å². The Kier molecular flexibility index (Phi) is 4.58. The molecule has 2 rings (SSSR count). The maximum Gasteiger partial charge on any atom is 0.573 e. The minimum atomic E-state index is -4.68. The number of hydrogen-bond donors (Lipinski definition) is 1. The van der Waals surface area contributed by atoms with Crippen molar-refractivity contribution in [3.63, 3.8) is 0 Å². The van der Waals surface area contributed by atoms with E-state index in [1.54, 1.807) is 0 Å². The first-order valence-corrected chi connectivity index (χ1v) is 6.89. The topological polar surface area (TPSA) is 29.5 Å². The Labute approximate surface area is 116 Å². The summed E-state index contributed by atoms with van der Waals surface area (Å²) >= 11 is 0. The number of hydrogen-bond acceptors (Lipinski definition) is 2. The molecule has 0 bridgehead atoms. The van der Waals surface area contributed by atoms with E-state index in [-0.39, 0.29) is 11.7 Å². The molecule has 2 nitrogen and oxygen atoms in total. The molecule has 0 amide bonds. The predicted molar refractivity (Wildman–Crippen MR) is 69.2 cm³/mol. The van der Waals surface area contributed by atoms with Crippen molar-refractivity contribution in [1.29, 1.82) is 0 Å². The molecule has 1 aromatic rings. The summed E-state index contributed by atoms with van der Waals surface area (Å²) < 4.78 is 40.0. The van der Waals surface area contributed by atoms with Crippen LogP contribution in [0.4, 0.5) is 13.2 Å². The van der Waals surface area contributed by atoms with Crippen LogP contribution >= 0.6 is 0 Å². The first-order chi connectivity index (χ1) is 9.35. The molecule has 1 aliphatic rings. The number of halogens is 3. The first kappa shape index (κ1) is 15.2. The van der Waals surface area contributed by atoms with Gasteiger partial charge in [0.05, 0.1) is 6.10 Å². The van der Waals surface area contributed by atoms with Crippen LogP contribution in [0.3, 0.4) is 0 Å². The van der Waals surface area contributed by atoms with Crippen LogP contribution in [0.15, 0.2) is 24.3 Å². The molecule has 3 unspecified atom stereocenters. The van der Waals surface area contributed by atoms with Gasteiger partial charge in [0, 0.05) is 0 Å². The third-order valence-electron chi connectivity index (χ3n) is 3.88. The summed E-state index contributed by atoms with van der Waals surface area (Å²) in [4.78, 5) is 0. The van der Waals surface area contributed by atoms with E-state index in [4.69, 9.17) is 0 Å². The number of rotatable bonds is 3. The normalized spacial score (nSPS) is 25.2. The van der Waals surface area contributed by atoms with Gasteiger partial charge in [-0.05, 0) is 42.4 Å². The molecule has 1 fully saturated rings. The van der Waals surface area contributed by atoms with E-state index in [1.807, 2.05) is 0 Å². The van der Waals surface area contributed by atoms with Crippen LogP contribution < -0.4 is 4.74 Å². The molecule has 0 radical (unpaired) electrons. The predicted octanol–water partition coefficient (Wildman–Crippen LogP) is 4.44. The number of benzene rings is 1. The zero-order valence-corrected chi connectivity index (χ0v) is 11.4. The van der Waals surface area contributed by atoms with E-state index in [2.05, 4.69) is 11.7 Å². The average molecular weight is 288 g/mol. The molecule has 1 aromatic carbocycles. The Morgan fingerprint density at radius 3 is 2.40 bits per heavy atom. The van der Waals surface area contributed by atoms with Gasteiger partial charge >= 0.3 is 6.36 Å². The molecule has 1 saturated carbocycles. The largest absolute Gasteiger partial charge is 0.573 e. The zero-order valence-electron chi connectivity index (χ0n) is 11.4. The molecule has 0 spiro atoms. The molecule has 0 aliphatic heterocycles. The molecule has 3 atom stereocenters. The summed E-state index contributed by atoms with van der Waals surface area (Å²) in [5.41, 5.74) is 0.652. The van der Waals surface area contributed by atoms with E-state index < -0.39 is 12.5 Å². The van der Waals surface area contributed by atoms with Gasteiger partial charge in [-0.1, -0.05) is 31.9 Å². The molecule has 112 valence electrons. The lowest BCUT2D eigenvalue weighted by atomic mass is 9.78. The van der Waals surface area contributed by atoms with Crippen molar-refractivity contribution in [3.8, 4) is 5.75 Å². The lowest BCUT2D eigenvalue weighted by Crippen LogP contribution is -2.20. The second-order valence-electron chi connectivity index (χ2n) is 5.59. The summed E-state index contributed by atoms with van der Waals surface area (Å²) in [6.45, 7) is 2.17. The van der Waals surface area contributed by atoms with Crippen molar-refractivity contribution in [2.45, 2.75) is 45.1 Å². The Bertz CT molecular complexity index is 428. The van der Waals surface area contributed by atoms with Crippen molar-refractivity contribution < 1.29 is 23.0 Å². The summed E-state index contributed by atoms with van der Waals surface area (Å²) in [7, 11) is 0. The smallest absolute Gasteiger partial charge is 0.406 e. The van der Waals surface area contributed by atoms with Crippen molar-refractivity contribution in [3.05, 3.63) is 29.8 Å². The molecule has 20 heavy (non-hydrogen) atoms. The third-order valence-corrected chi connectivity index (χ3v) is 3.88. The molecule has 0 saturated heterocycles. The van der Waals surface area contributed by atoms with Crippen molar-refractivity contribution in [2.75, 3.05) is 0 Å². The van der Waals surface area contributed by atoms with Gasteiger partial charge in [0.2, 0.25) is 0 Å². The lowest BCUT2D eigenvalue weighted by Gasteiger charge is -2.30. The zero-order chi connectivity index (χ0) is 14.8. The summed E-state index contributed by atoms with van der Waals surface area (Å²) in [6, 6.07) is 5.51. The molecular formula is C15H19F3O2. The maximum absolute atomic E-state index is 12.1. The van der Waals surface area contributed by atoms with Gasteiger partial charge in [-0.3, -0.25) is 0 Å². The van der Waals surface area contributed by atoms with Crippen LogP contribution in [0.2, 0.25) is 0 Å². The number of alkyl halides is 3. The highest BCUT2D eigenvalue weighted by Gasteiger charge is 2.31. The van der Waals surface area contributed by atoms with Crippen LogP contribution in [0, 0.1) is 11.8 Å². The lowest BCUT2D eigenvalue weighted by molar-refractivity contribution is -0.274. The van der Waals surface area contributed by atoms with Crippen molar-refractivity contribution in [1.82, 2.24) is 0 Å². The van der Waals surface area contributed by atoms with Crippen LogP contribution in [0.1, 0.15) is 44.3 Å². The van der Waals surface area contributed by atoms with Crippen molar-refractivity contribution in [2.24, 2.45) is 11.8 Å². The fourth-order valence-corrected chi connectivity index (χ4v) is 2.91. The second kappa shape index (κ2) is 6.04. The Morgan fingerprint density at radius 2 is 1.85 bits per heavy atom. The van der Waals surface area contributed by atoms with Crippen LogP contribution in [-0.2, 0) is 0 Å². The third kappa shape index (κ3) is 4.13. The van der Waals surface area contributed by atoms with E-state index in [9.17, 15) is 18.3 Å². The second-order valence-corrected chi connectivity index (χ2v) is 5.59. The highest BCUT2D eigenvalue weighted by molar-refractivity contribution is 5.29. The highest BCUT2D eigenvalue weighted by Crippen LogP contribution is 2.37. The minimum absolute atomic E-state index is 0.188. The Hall–Kier alpha value is -1.23. The Morgan fingerprint density at radius 1 is 1.20 bits per heavy atom. The minimum Gasteiger partial charge on any atom is -0.406 e. The fourth-order valence-electron chi connectivity index (χ4n) is 2.91. The van der Waals surface area contributed by atoms with Gasteiger partial charge in [0.1, 0.15) is 5.75 Å². The molecule has 0 aromatic heterocycles. The van der Waals surface area contributed by atoms with Gasteiger partial charge in [-0.2, -0.15) is 0 Å². The van der Waals surface area contributed by atoms with Crippen LogP contribution in [-0.4, -0.2) is 11.5 Å². The van der Waals surface area contributed by atoms with E-state index in [1.165, 1.54) is 30.7 Å². The van der Waals surface area contributed by atoms with E-state index in [0.29, 0.717) is 11.5 Å². The summed E-state index contributed by atoms with van der Waals surface area (Å²) in [5.74, 6) is 0.523. The van der Waals surface area contributed by atoms with E-state index >= 15 is 0 Å². The molecular weight excluding hydrogens is 269 g/mol. The molecule has 0 heterocycles. The monoisotopic (exact) mass is 288 g/mol. The summed E-state index contributed by atoms with van der Waals surface area (Å²) in [6.07, 6.45) is -1.09. The van der Waals surface area contributed by atoms with Gasteiger partial charge < -0.3 is 9.84 Å². The Balaban J connectivity index is 2.01. The van der Waals surface area contributed by atoms with Crippen LogP contribution in [0.5, 0.6) is 5.75 Å². The maximum atomic E-state index is 12.1. The standard InChI is InChI=1S/C15H19F3O2/c1-10-3-2-4-12(9-10)14(19)11-5-7-13(8-6-11)20-15(16,17)18/h5-8,10,12,14,19H,2-4,9H2,1H3.